The van der Waals surface area contributed by atoms with Gasteiger partial charge in [0.25, 0.3) is 5.91 Å². The number of rotatable bonds is 7. The summed E-state index contributed by atoms with van der Waals surface area (Å²) in [4.78, 5) is 55.6. The highest BCUT2D eigenvalue weighted by atomic mass is 16.5. The minimum absolute atomic E-state index is 0.0606. The normalized spacial score (nSPS) is 15.7. The van der Waals surface area contributed by atoms with Crippen LogP contribution in [0, 0.1) is 5.92 Å². The quantitative estimate of drug-likeness (QED) is 0.519. The van der Waals surface area contributed by atoms with Crippen molar-refractivity contribution in [3.05, 3.63) is 54.1 Å². The standard InChI is InChI=1S/C25H32N4O3.C2H2O4/c30-24(15-21-7-4-9-26-17-21)28-10-12-29(13-11-28)25(31)22-16-23(19-27-18-22)32-14-8-20-5-2-1-3-6-20;3-1(4)2(5)6/h4,7,9,16-20H,1-3,5-6,8,10-15H2;(H,3,4)(H,5,6). The summed E-state index contributed by atoms with van der Waals surface area (Å²) < 4.78 is 5.90. The third-order valence-corrected chi connectivity index (χ3v) is 6.66. The van der Waals surface area contributed by atoms with E-state index in [0.29, 0.717) is 50.5 Å². The lowest BCUT2D eigenvalue weighted by molar-refractivity contribution is -0.159. The van der Waals surface area contributed by atoms with Gasteiger partial charge in [-0.15, -0.1) is 0 Å². The summed E-state index contributed by atoms with van der Waals surface area (Å²) in [7, 11) is 0. The van der Waals surface area contributed by atoms with E-state index in [2.05, 4.69) is 9.97 Å². The summed E-state index contributed by atoms with van der Waals surface area (Å²) in [5.74, 6) is -2.23. The number of nitrogens with zero attached hydrogens (tertiary/aromatic N) is 4. The van der Waals surface area contributed by atoms with Crippen LogP contribution in [-0.4, -0.2) is 86.5 Å². The number of carbonyl (C=O) groups is 4. The molecule has 0 bridgehead atoms. The molecule has 204 valence electrons. The third-order valence-electron chi connectivity index (χ3n) is 6.66. The first-order valence-corrected chi connectivity index (χ1v) is 12.8. The van der Waals surface area contributed by atoms with Crippen molar-refractivity contribution < 1.29 is 34.1 Å². The Morgan fingerprint density at radius 2 is 1.58 bits per heavy atom. The van der Waals surface area contributed by atoms with E-state index in [4.69, 9.17) is 24.5 Å². The molecule has 0 spiro atoms. The van der Waals surface area contributed by atoms with Crippen LogP contribution < -0.4 is 4.74 Å². The zero-order valence-corrected chi connectivity index (χ0v) is 21.3. The number of piperazine rings is 1. The zero-order chi connectivity index (χ0) is 27.3. The van der Waals surface area contributed by atoms with Crippen LogP contribution in [0.15, 0.2) is 43.0 Å². The molecular formula is C27H34N4O7. The predicted octanol–water partition coefficient (Wildman–Crippen LogP) is 2.51. The number of hydrogen-bond donors (Lipinski definition) is 2. The molecular weight excluding hydrogens is 492 g/mol. The molecule has 0 radical (unpaired) electrons. The van der Waals surface area contributed by atoms with E-state index < -0.39 is 11.9 Å². The van der Waals surface area contributed by atoms with Crippen LogP contribution in [0.25, 0.3) is 0 Å². The van der Waals surface area contributed by atoms with Crippen molar-refractivity contribution in [3.8, 4) is 5.75 Å². The number of aromatic nitrogens is 2. The van der Waals surface area contributed by atoms with E-state index in [9.17, 15) is 9.59 Å². The van der Waals surface area contributed by atoms with Gasteiger partial charge in [-0.2, -0.15) is 0 Å². The molecule has 2 aliphatic rings. The molecule has 2 aromatic heterocycles. The minimum atomic E-state index is -1.82. The summed E-state index contributed by atoms with van der Waals surface area (Å²) in [5, 5.41) is 14.8. The summed E-state index contributed by atoms with van der Waals surface area (Å²) in [6.45, 7) is 2.78. The number of hydrogen-bond acceptors (Lipinski definition) is 7. The van der Waals surface area contributed by atoms with Crippen molar-refractivity contribution in [1.29, 1.82) is 0 Å². The van der Waals surface area contributed by atoms with Crippen LogP contribution >= 0.6 is 0 Å². The molecule has 2 N–H and O–H groups in total. The van der Waals surface area contributed by atoms with Gasteiger partial charge in [-0.05, 0) is 30.0 Å². The zero-order valence-electron chi connectivity index (χ0n) is 21.3. The van der Waals surface area contributed by atoms with Crippen molar-refractivity contribution in [1.82, 2.24) is 19.8 Å². The summed E-state index contributed by atoms with van der Waals surface area (Å²) in [6, 6.07) is 5.53. The molecule has 3 heterocycles. The molecule has 2 amide bonds. The van der Waals surface area contributed by atoms with Gasteiger partial charge in [-0.25, -0.2) is 9.59 Å². The van der Waals surface area contributed by atoms with E-state index in [1.165, 1.54) is 32.1 Å². The van der Waals surface area contributed by atoms with Crippen LogP contribution in [0.2, 0.25) is 0 Å². The second-order valence-corrected chi connectivity index (χ2v) is 9.37. The van der Waals surface area contributed by atoms with Gasteiger partial charge in [-0.1, -0.05) is 38.2 Å². The first-order valence-electron chi connectivity index (χ1n) is 12.8. The average Bonchev–Trinajstić information content (AvgIpc) is 2.94. The molecule has 2 fully saturated rings. The lowest BCUT2D eigenvalue weighted by Gasteiger charge is -2.34. The Morgan fingerprint density at radius 3 is 2.21 bits per heavy atom. The molecule has 38 heavy (non-hydrogen) atoms. The van der Waals surface area contributed by atoms with E-state index in [1.54, 1.807) is 35.8 Å². The molecule has 0 aromatic carbocycles. The summed E-state index contributed by atoms with van der Waals surface area (Å²) in [5.41, 5.74) is 1.44. The Balaban J connectivity index is 0.000000599. The number of carboxylic acids is 2. The van der Waals surface area contributed by atoms with Crippen molar-refractivity contribution in [2.75, 3.05) is 32.8 Å². The third kappa shape index (κ3) is 9.13. The maximum atomic E-state index is 13.0. The van der Waals surface area contributed by atoms with E-state index in [-0.39, 0.29) is 11.8 Å². The number of aliphatic carboxylic acids is 2. The van der Waals surface area contributed by atoms with E-state index in [1.807, 2.05) is 17.0 Å². The predicted molar refractivity (Wildman–Crippen MR) is 137 cm³/mol. The fourth-order valence-corrected chi connectivity index (χ4v) is 4.56. The molecule has 2 aromatic rings. The van der Waals surface area contributed by atoms with Gasteiger partial charge in [0.15, 0.2) is 0 Å². The molecule has 1 saturated heterocycles. The fraction of sp³-hybridized carbons (Fsp3) is 0.481. The first kappa shape index (κ1) is 28.5. The van der Waals surface area contributed by atoms with Gasteiger partial charge >= 0.3 is 11.9 Å². The summed E-state index contributed by atoms with van der Waals surface area (Å²) >= 11 is 0. The Morgan fingerprint density at radius 1 is 0.895 bits per heavy atom. The van der Waals surface area contributed by atoms with Gasteiger partial charge in [0, 0.05) is 44.8 Å². The SMILES string of the molecule is O=C(Cc1cccnc1)N1CCN(C(=O)c2cncc(OCCC3CCCCC3)c2)CC1.O=C(O)C(=O)O. The maximum absolute atomic E-state index is 13.0. The maximum Gasteiger partial charge on any atom is 0.414 e. The molecule has 0 atom stereocenters. The van der Waals surface area contributed by atoms with Gasteiger partial charge in [0.05, 0.1) is 24.8 Å². The smallest absolute Gasteiger partial charge is 0.414 e. The Labute approximate surface area is 221 Å². The van der Waals surface area contributed by atoms with Crippen LogP contribution in [0.5, 0.6) is 5.75 Å². The number of amides is 2. The molecule has 1 aliphatic heterocycles. The lowest BCUT2D eigenvalue weighted by atomic mass is 9.87. The Hall–Kier alpha value is -4.02. The monoisotopic (exact) mass is 526 g/mol. The van der Waals surface area contributed by atoms with Crippen molar-refractivity contribution in [2.24, 2.45) is 5.92 Å². The molecule has 1 saturated carbocycles. The van der Waals surface area contributed by atoms with E-state index in [0.717, 1.165) is 17.9 Å². The Bertz CT molecular complexity index is 1070. The van der Waals surface area contributed by atoms with Crippen molar-refractivity contribution >= 4 is 23.8 Å². The molecule has 4 rings (SSSR count). The largest absolute Gasteiger partial charge is 0.492 e. The van der Waals surface area contributed by atoms with Crippen LogP contribution in [0.3, 0.4) is 0 Å². The molecule has 0 unspecified atom stereocenters. The van der Waals surface area contributed by atoms with Crippen molar-refractivity contribution in [2.45, 2.75) is 44.9 Å². The highest BCUT2D eigenvalue weighted by Gasteiger charge is 2.25. The second kappa shape index (κ2) is 14.7. The highest BCUT2D eigenvalue weighted by Crippen LogP contribution is 2.26. The van der Waals surface area contributed by atoms with Crippen LogP contribution in [0.1, 0.15) is 54.4 Å². The average molecular weight is 527 g/mol. The Kier molecular flexibility index (Phi) is 11.0. The molecule has 11 nitrogen and oxygen atoms in total. The van der Waals surface area contributed by atoms with Crippen molar-refractivity contribution in [3.63, 3.8) is 0 Å². The topological polar surface area (TPSA) is 150 Å². The highest BCUT2D eigenvalue weighted by molar-refractivity contribution is 6.27. The minimum Gasteiger partial charge on any atom is -0.492 e. The van der Waals surface area contributed by atoms with Crippen LogP contribution in [0.4, 0.5) is 0 Å². The molecule has 11 heteroatoms. The number of carboxylic acid groups (broad SMARTS) is 2. The molecule has 1 aliphatic carbocycles. The van der Waals surface area contributed by atoms with E-state index >= 15 is 0 Å². The summed E-state index contributed by atoms with van der Waals surface area (Å²) in [6.07, 6.45) is 14.7. The van der Waals surface area contributed by atoms with Crippen LogP contribution in [-0.2, 0) is 20.8 Å². The van der Waals surface area contributed by atoms with Gasteiger partial charge < -0.3 is 24.7 Å². The van der Waals surface area contributed by atoms with Gasteiger partial charge in [-0.3, -0.25) is 19.6 Å². The number of ether oxygens (including phenoxy) is 1. The number of pyridine rings is 2. The fourth-order valence-electron chi connectivity index (χ4n) is 4.56. The second-order valence-electron chi connectivity index (χ2n) is 9.37. The van der Waals surface area contributed by atoms with Gasteiger partial charge in [0.1, 0.15) is 5.75 Å². The first-order chi connectivity index (χ1) is 18.3. The van der Waals surface area contributed by atoms with Gasteiger partial charge in [0.2, 0.25) is 5.91 Å². The lowest BCUT2D eigenvalue weighted by Crippen LogP contribution is -2.51. The number of carbonyl (C=O) groups excluding carboxylic acids is 2.